The minimum absolute atomic E-state index is 0.253. The lowest BCUT2D eigenvalue weighted by atomic mass is 10.1. The van der Waals surface area contributed by atoms with E-state index in [1.54, 1.807) is 13.0 Å². The van der Waals surface area contributed by atoms with Crippen LogP contribution < -0.4 is 5.63 Å². The van der Waals surface area contributed by atoms with E-state index in [1.807, 2.05) is 6.07 Å². The fourth-order valence-electron chi connectivity index (χ4n) is 1.34. The zero-order valence-corrected chi connectivity index (χ0v) is 8.96. The number of hydrogen-bond donors (Lipinski definition) is 0. The minimum Gasteiger partial charge on any atom is -0.428 e. The maximum absolute atomic E-state index is 11.0. The number of hydrogen-bond acceptors (Lipinski definition) is 2. The van der Waals surface area contributed by atoms with Crippen molar-refractivity contribution in [1.82, 2.24) is 0 Å². The lowest BCUT2D eigenvalue weighted by Gasteiger charge is -1.98. The maximum atomic E-state index is 11.0. The molecule has 0 fully saturated rings. The third-order valence-corrected chi connectivity index (χ3v) is 1.94. The predicted molar refractivity (Wildman–Crippen MR) is 57.5 cm³/mol. The summed E-state index contributed by atoms with van der Waals surface area (Å²) in [6.45, 7) is 5.95. The van der Waals surface area contributed by atoms with Gasteiger partial charge in [0.2, 0.25) is 0 Å². The first-order valence-corrected chi connectivity index (χ1v) is 4.82. The Labute approximate surface area is 84.3 Å². The Balaban J connectivity index is 2.68. The highest BCUT2D eigenvalue weighted by molar-refractivity contribution is 5.14. The van der Waals surface area contributed by atoms with Crippen LogP contribution in [-0.2, 0) is 6.42 Å². The zero-order valence-electron chi connectivity index (χ0n) is 8.96. The van der Waals surface area contributed by atoms with Gasteiger partial charge in [-0.05, 0) is 45.2 Å². The van der Waals surface area contributed by atoms with E-state index in [9.17, 15) is 4.79 Å². The van der Waals surface area contributed by atoms with Crippen LogP contribution in [0.25, 0.3) is 0 Å². The highest BCUT2D eigenvalue weighted by atomic mass is 16.4. The maximum Gasteiger partial charge on any atom is 0.336 e. The molecule has 0 atom stereocenters. The average Bonchev–Trinajstić information content (AvgIpc) is 2.01. The first-order chi connectivity index (χ1) is 6.58. The van der Waals surface area contributed by atoms with Crippen LogP contribution in [0.2, 0.25) is 0 Å². The molecule has 1 heterocycles. The molecule has 76 valence electrons. The molecule has 14 heavy (non-hydrogen) atoms. The molecule has 0 saturated heterocycles. The fourth-order valence-corrected chi connectivity index (χ4v) is 1.34. The average molecular weight is 192 g/mol. The van der Waals surface area contributed by atoms with Crippen molar-refractivity contribution in [2.24, 2.45) is 0 Å². The summed E-state index contributed by atoms with van der Waals surface area (Å²) < 4.78 is 4.87. The first-order valence-electron chi connectivity index (χ1n) is 4.82. The van der Waals surface area contributed by atoms with Crippen molar-refractivity contribution in [2.45, 2.75) is 33.6 Å². The summed E-state index contributed by atoms with van der Waals surface area (Å²) in [4.78, 5) is 11.0. The third-order valence-electron chi connectivity index (χ3n) is 1.94. The van der Waals surface area contributed by atoms with Gasteiger partial charge in [-0.3, -0.25) is 0 Å². The molecule has 0 unspecified atom stereocenters. The van der Waals surface area contributed by atoms with Crippen LogP contribution in [0.5, 0.6) is 0 Å². The lowest BCUT2D eigenvalue weighted by Crippen LogP contribution is -2.00. The molecule has 0 aliphatic rings. The van der Waals surface area contributed by atoms with E-state index in [-0.39, 0.29) is 5.63 Å². The molecule has 0 saturated carbocycles. The van der Waals surface area contributed by atoms with Crippen molar-refractivity contribution in [3.05, 3.63) is 45.5 Å². The van der Waals surface area contributed by atoms with Gasteiger partial charge >= 0.3 is 5.63 Å². The van der Waals surface area contributed by atoms with Crippen LogP contribution in [0.15, 0.2) is 33.0 Å². The molecule has 0 spiro atoms. The predicted octanol–water partition coefficient (Wildman–Crippen LogP) is 2.85. The normalized spacial score (nSPS) is 9.93. The largest absolute Gasteiger partial charge is 0.428 e. The van der Waals surface area contributed by atoms with E-state index >= 15 is 0 Å². The van der Waals surface area contributed by atoms with Crippen LogP contribution >= 0.6 is 0 Å². The van der Waals surface area contributed by atoms with Crippen molar-refractivity contribution in [3.63, 3.8) is 0 Å². The van der Waals surface area contributed by atoms with Gasteiger partial charge < -0.3 is 4.42 Å². The van der Waals surface area contributed by atoms with Gasteiger partial charge in [0, 0.05) is 6.07 Å². The second kappa shape index (κ2) is 4.80. The lowest BCUT2D eigenvalue weighted by molar-refractivity contribution is 0.477. The molecule has 0 aromatic carbocycles. The van der Waals surface area contributed by atoms with E-state index in [0.29, 0.717) is 5.76 Å². The van der Waals surface area contributed by atoms with Gasteiger partial charge in [0.1, 0.15) is 5.76 Å². The third kappa shape index (κ3) is 3.60. The number of rotatable bonds is 3. The van der Waals surface area contributed by atoms with Gasteiger partial charge in [-0.25, -0.2) is 4.79 Å². The standard InChI is InChI=1S/C12H16O2/c1-9(2)5-4-6-11-7-10(3)14-12(13)8-11/h5,7-8H,4,6H2,1-3H3. The molecule has 0 aliphatic carbocycles. The smallest absolute Gasteiger partial charge is 0.336 e. The quantitative estimate of drug-likeness (QED) is 0.689. The second-order valence-electron chi connectivity index (χ2n) is 3.72. The van der Waals surface area contributed by atoms with E-state index in [1.165, 1.54) is 5.57 Å². The Morgan fingerprint density at radius 1 is 1.43 bits per heavy atom. The molecule has 1 rings (SSSR count). The van der Waals surface area contributed by atoms with Gasteiger partial charge in [-0.15, -0.1) is 0 Å². The van der Waals surface area contributed by atoms with Crippen molar-refractivity contribution < 1.29 is 4.42 Å². The van der Waals surface area contributed by atoms with E-state index in [4.69, 9.17) is 4.42 Å². The van der Waals surface area contributed by atoms with Crippen molar-refractivity contribution >= 4 is 0 Å². The monoisotopic (exact) mass is 192 g/mol. The topological polar surface area (TPSA) is 30.2 Å². The highest BCUT2D eigenvalue weighted by Crippen LogP contribution is 2.05. The van der Waals surface area contributed by atoms with Gasteiger partial charge in [-0.2, -0.15) is 0 Å². The second-order valence-corrected chi connectivity index (χ2v) is 3.72. The Bertz CT molecular complexity index is 382. The molecular weight excluding hydrogens is 176 g/mol. The van der Waals surface area contributed by atoms with Gasteiger partial charge in [0.05, 0.1) is 0 Å². The molecule has 1 aromatic rings. The Morgan fingerprint density at radius 2 is 2.14 bits per heavy atom. The first kappa shape index (κ1) is 10.8. The van der Waals surface area contributed by atoms with E-state index < -0.39 is 0 Å². The molecule has 0 aliphatic heterocycles. The molecule has 2 heteroatoms. The van der Waals surface area contributed by atoms with Crippen LogP contribution in [-0.4, -0.2) is 0 Å². The highest BCUT2D eigenvalue weighted by Gasteiger charge is 1.96. The Hall–Kier alpha value is -1.31. The van der Waals surface area contributed by atoms with Gasteiger partial charge in [-0.1, -0.05) is 11.6 Å². The molecule has 2 nitrogen and oxygen atoms in total. The molecule has 0 amide bonds. The number of aryl methyl sites for hydroxylation is 2. The fraction of sp³-hybridized carbons (Fsp3) is 0.417. The van der Waals surface area contributed by atoms with E-state index in [2.05, 4.69) is 19.9 Å². The van der Waals surface area contributed by atoms with Crippen LogP contribution in [0.1, 0.15) is 31.6 Å². The van der Waals surface area contributed by atoms with Crippen LogP contribution in [0.3, 0.4) is 0 Å². The summed E-state index contributed by atoms with van der Waals surface area (Å²) >= 11 is 0. The summed E-state index contributed by atoms with van der Waals surface area (Å²) in [6.07, 6.45) is 4.05. The molecule has 0 radical (unpaired) electrons. The molecule has 0 bridgehead atoms. The summed E-state index contributed by atoms with van der Waals surface area (Å²) in [6, 6.07) is 3.48. The Morgan fingerprint density at radius 3 is 2.71 bits per heavy atom. The summed E-state index contributed by atoms with van der Waals surface area (Å²) in [5.74, 6) is 0.685. The summed E-state index contributed by atoms with van der Waals surface area (Å²) in [5, 5.41) is 0. The molecular formula is C12H16O2. The van der Waals surface area contributed by atoms with Crippen LogP contribution in [0, 0.1) is 6.92 Å². The zero-order chi connectivity index (χ0) is 10.6. The molecule has 0 N–H and O–H groups in total. The molecule has 1 aromatic heterocycles. The summed E-state index contributed by atoms with van der Waals surface area (Å²) in [7, 11) is 0. The summed E-state index contributed by atoms with van der Waals surface area (Å²) in [5.41, 5.74) is 2.11. The number of allylic oxidation sites excluding steroid dienone is 2. The van der Waals surface area contributed by atoms with Crippen molar-refractivity contribution in [2.75, 3.05) is 0 Å². The van der Waals surface area contributed by atoms with Crippen molar-refractivity contribution in [1.29, 1.82) is 0 Å². The van der Waals surface area contributed by atoms with Crippen molar-refractivity contribution in [3.8, 4) is 0 Å². The van der Waals surface area contributed by atoms with Gasteiger partial charge in [0.15, 0.2) is 0 Å². The van der Waals surface area contributed by atoms with Crippen LogP contribution in [0.4, 0.5) is 0 Å². The van der Waals surface area contributed by atoms with Gasteiger partial charge in [0.25, 0.3) is 0 Å². The Kier molecular flexibility index (Phi) is 3.69. The SMILES string of the molecule is CC(C)=CCCc1cc(C)oc(=O)c1. The van der Waals surface area contributed by atoms with E-state index in [0.717, 1.165) is 18.4 Å². The minimum atomic E-state index is -0.253.